The van der Waals surface area contributed by atoms with Crippen molar-refractivity contribution in [2.24, 2.45) is 0 Å². The monoisotopic (exact) mass is 717 g/mol. The van der Waals surface area contributed by atoms with Crippen molar-refractivity contribution >= 4 is 54.4 Å². The maximum absolute atomic E-state index is 11.0. The summed E-state index contributed by atoms with van der Waals surface area (Å²) in [7, 11) is 0. The van der Waals surface area contributed by atoms with Gasteiger partial charge in [-0.3, -0.25) is 0 Å². The molecule has 0 radical (unpaired) electrons. The third kappa shape index (κ3) is 4.85. The van der Waals surface area contributed by atoms with E-state index in [1.165, 1.54) is 0 Å². The Bertz CT molecular complexity index is 3490. The highest BCUT2D eigenvalue weighted by Crippen LogP contribution is 2.43. The molecule has 56 heavy (non-hydrogen) atoms. The summed E-state index contributed by atoms with van der Waals surface area (Å²) >= 11 is 0. The van der Waals surface area contributed by atoms with E-state index in [1.807, 2.05) is 108 Å². The third-order valence-corrected chi connectivity index (χ3v) is 10.5. The molecule has 0 saturated carbocycles. The summed E-state index contributed by atoms with van der Waals surface area (Å²) < 4.78 is 33.3. The predicted octanol–water partition coefficient (Wildman–Crippen LogP) is 12.1. The number of aromatic nitrogens is 5. The van der Waals surface area contributed by atoms with Crippen LogP contribution in [0.15, 0.2) is 182 Å². The van der Waals surface area contributed by atoms with Gasteiger partial charge in [0.15, 0.2) is 17.5 Å². The predicted molar refractivity (Wildman–Crippen MR) is 227 cm³/mol. The minimum atomic E-state index is -0.260. The molecule has 0 saturated heterocycles. The largest absolute Gasteiger partial charge is 0.309 e. The van der Waals surface area contributed by atoms with E-state index in [-0.39, 0.29) is 40.8 Å². The zero-order chi connectivity index (χ0) is 39.8. The van der Waals surface area contributed by atoms with Gasteiger partial charge in [0.2, 0.25) is 0 Å². The number of nitriles is 1. The van der Waals surface area contributed by atoms with E-state index < -0.39 is 0 Å². The highest BCUT2D eigenvalue weighted by atomic mass is 15.0. The maximum Gasteiger partial charge on any atom is 0.164 e. The summed E-state index contributed by atoms with van der Waals surface area (Å²) in [6, 6.07) is 55.6. The topological polar surface area (TPSA) is 72.3 Å². The molecule has 0 spiro atoms. The summed E-state index contributed by atoms with van der Waals surface area (Å²) in [6.45, 7) is 0. The molecule has 3 aromatic heterocycles. The third-order valence-electron chi connectivity index (χ3n) is 10.5. The molecule has 0 aliphatic heterocycles. The first-order valence-corrected chi connectivity index (χ1v) is 18.4. The Kier molecular flexibility index (Phi) is 6.44. The van der Waals surface area contributed by atoms with Crippen LogP contribution in [-0.2, 0) is 0 Å². The summed E-state index contributed by atoms with van der Waals surface area (Å²) in [6.07, 6.45) is 0. The Morgan fingerprint density at radius 3 is 1.71 bits per heavy atom. The van der Waals surface area contributed by atoms with Gasteiger partial charge >= 0.3 is 0 Å². The average Bonchev–Trinajstić information content (AvgIpc) is 3.80. The van der Waals surface area contributed by atoms with Crippen LogP contribution in [0.5, 0.6) is 0 Å². The van der Waals surface area contributed by atoms with Crippen molar-refractivity contribution in [1.82, 2.24) is 24.1 Å². The molecule has 3 heterocycles. The standard InChI is InChI=1S/C50H30N6/c51-31-36-30-35(50-53-48(33-15-3-1-4-16-33)52-49(54-50)34-17-5-2-6-18-34)26-28-41(36)56-43-23-11-9-21-38(43)39-27-29-45-46(47(39)56)40-22-10-12-24-44(40)55(45)42-25-13-19-32-14-7-8-20-37(32)42/h1-30H/i26D,28D,30D. The molecule has 8 aromatic carbocycles. The molecule has 0 N–H and O–H groups in total. The van der Waals surface area contributed by atoms with E-state index in [0.29, 0.717) is 11.6 Å². The second kappa shape index (κ2) is 12.6. The SMILES string of the molecule is [2H]c1c([2H])c(-n2c3ccccc3c3ccc4c(c5ccccc5n4-c4cccc5ccccc45)c32)c(C#N)c([2H])c1-c1nc(-c2ccccc2)nc(-c2ccccc2)n1. The number of para-hydroxylation sites is 2. The van der Waals surface area contributed by atoms with Gasteiger partial charge in [-0.15, -0.1) is 0 Å². The van der Waals surface area contributed by atoms with Gasteiger partial charge < -0.3 is 9.13 Å². The van der Waals surface area contributed by atoms with Gasteiger partial charge in [-0.25, -0.2) is 15.0 Å². The van der Waals surface area contributed by atoms with Crippen LogP contribution >= 0.6 is 0 Å². The van der Waals surface area contributed by atoms with E-state index >= 15 is 0 Å². The fourth-order valence-corrected chi connectivity index (χ4v) is 8.08. The van der Waals surface area contributed by atoms with E-state index in [1.54, 1.807) is 0 Å². The lowest BCUT2D eigenvalue weighted by Crippen LogP contribution is -2.02. The molecular formula is C50H30N6. The first kappa shape index (κ1) is 28.6. The second-order valence-corrected chi connectivity index (χ2v) is 13.7. The number of benzene rings is 8. The van der Waals surface area contributed by atoms with Crippen molar-refractivity contribution in [2.75, 3.05) is 0 Å². The Labute approximate surface area is 326 Å². The quantitative estimate of drug-likeness (QED) is 0.178. The molecule has 260 valence electrons. The van der Waals surface area contributed by atoms with Gasteiger partial charge in [0.1, 0.15) is 6.07 Å². The molecule has 0 aliphatic carbocycles. The van der Waals surface area contributed by atoms with Crippen LogP contribution in [0.1, 0.15) is 9.68 Å². The van der Waals surface area contributed by atoms with Crippen molar-refractivity contribution < 1.29 is 4.11 Å². The zero-order valence-electron chi connectivity index (χ0n) is 32.8. The van der Waals surface area contributed by atoms with Crippen LogP contribution in [0, 0.1) is 11.3 Å². The van der Waals surface area contributed by atoms with Gasteiger partial charge in [-0.2, -0.15) is 5.26 Å². The molecule has 0 aliphatic rings. The molecule has 11 aromatic rings. The molecule has 0 amide bonds. The van der Waals surface area contributed by atoms with Crippen molar-refractivity contribution in [3.63, 3.8) is 0 Å². The number of fused-ring (bicyclic) bond motifs is 8. The van der Waals surface area contributed by atoms with Gasteiger partial charge in [0.25, 0.3) is 0 Å². The summed E-state index contributed by atoms with van der Waals surface area (Å²) in [5.41, 5.74) is 6.08. The number of rotatable bonds is 5. The summed E-state index contributed by atoms with van der Waals surface area (Å²) in [4.78, 5) is 14.4. The highest BCUT2D eigenvalue weighted by Gasteiger charge is 2.23. The second-order valence-electron chi connectivity index (χ2n) is 13.7. The lowest BCUT2D eigenvalue weighted by molar-refractivity contribution is 1.07. The van der Waals surface area contributed by atoms with Gasteiger partial charge in [-0.05, 0) is 47.8 Å². The Hall–Kier alpha value is -7.88. The van der Waals surface area contributed by atoms with E-state index in [0.717, 1.165) is 71.2 Å². The minimum absolute atomic E-state index is 0.00876. The molecule has 11 rings (SSSR count). The van der Waals surface area contributed by atoms with E-state index in [2.05, 4.69) is 71.3 Å². The lowest BCUT2D eigenvalue weighted by Gasteiger charge is -2.14. The molecule has 0 fully saturated rings. The van der Waals surface area contributed by atoms with Crippen LogP contribution in [0.4, 0.5) is 0 Å². The molecule has 6 heteroatoms. The highest BCUT2D eigenvalue weighted by molar-refractivity contribution is 6.26. The van der Waals surface area contributed by atoms with Crippen molar-refractivity contribution in [1.29, 1.82) is 5.26 Å². The molecular weight excluding hydrogens is 685 g/mol. The van der Waals surface area contributed by atoms with Crippen molar-refractivity contribution in [2.45, 2.75) is 0 Å². The normalized spacial score (nSPS) is 12.3. The summed E-state index contributed by atoms with van der Waals surface area (Å²) in [5.74, 6) is 0.761. The Morgan fingerprint density at radius 1 is 0.446 bits per heavy atom. The smallest absolute Gasteiger partial charge is 0.164 e. The molecule has 0 bridgehead atoms. The van der Waals surface area contributed by atoms with Crippen LogP contribution in [0.3, 0.4) is 0 Å². The number of hydrogen-bond donors (Lipinski definition) is 0. The fourth-order valence-electron chi connectivity index (χ4n) is 8.08. The number of hydrogen-bond acceptors (Lipinski definition) is 4. The maximum atomic E-state index is 11.0. The van der Waals surface area contributed by atoms with Crippen LogP contribution < -0.4 is 0 Å². The van der Waals surface area contributed by atoms with E-state index in [9.17, 15) is 9.37 Å². The van der Waals surface area contributed by atoms with Gasteiger partial charge in [0, 0.05) is 43.6 Å². The van der Waals surface area contributed by atoms with E-state index in [4.69, 9.17) is 15.0 Å². The van der Waals surface area contributed by atoms with Crippen LogP contribution in [0.2, 0.25) is 0 Å². The number of nitrogens with zero attached hydrogens (tertiary/aromatic N) is 6. The first-order valence-electron chi connectivity index (χ1n) is 19.9. The lowest BCUT2D eigenvalue weighted by atomic mass is 10.1. The fraction of sp³-hybridized carbons (Fsp3) is 0. The van der Waals surface area contributed by atoms with Crippen molar-refractivity contribution in [3.8, 4) is 51.6 Å². The molecule has 0 unspecified atom stereocenters. The summed E-state index contributed by atoms with van der Waals surface area (Å²) in [5, 5.41) is 17.1. The molecule has 6 nitrogen and oxygen atoms in total. The minimum Gasteiger partial charge on any atom is -0.309 e. The molecule has 0 atom stereocenters. The first-order chi connectivity index (χ1) is 29.0. The van der Waals surface area contributed by atoms with Crippen molar-refractivity contribution in [3.05, 3.63) is 187 Å². The zero-order valence-corrected chi connectivity index (χ0v) is 29.8. The average molecular weight is 718 g/mol. The van der Waals surface area contributed by atoms with Gasteiger partial charge in [0.05, 0.1) is 43.1 Å². The Morgan fingerprint density at radius 2 is 1.02 bits per heavy atom. The van der Waals surface area contributed by atoms with Crippen LogP contribution in [-0.4, -0.2) is 24.1 Å². The Balaban J connectivity index is 1.24. The van der Waals surface area contributed by atoms with Crippen LogP contribution in [0.25, 0.3) is 99.9 Å². The van der Waals surface area contributed by atoms with Gasteiger partial charge in [-0.1, -0.05) is 140 Å².